The molecule has 0 fully saturated rings. The van der Waals surface area contributed by atoms with Gasteiger partial charge in [-0.1, -0.05) is 54.6 Å². The molecule has 0 spiro atoms. The first-order valence-corrected chi connectivity index (χ1v) is 9.24. The molecule has 0 aliphatic rings. The molecule has 134 valence electrons. The number of fused-ring (bicyclic) bond motifs is 1. The first-order valence-electron chi connectivity index (χ1n) is 8.42. The van der Waals surface area contributed by atoms with Crippen LogP contribution in [0.1, 0.15) is 5.56 Å². The Morgan fingerprint density at radius 2 is 1.81 bits per heavy atom. The van der Waals surface area contributed by atoms with Crippen LogP contribution in [0.3, 0.4) is 0 Å². The number of aromatic nitrogens is 2. The summed E-state index contributed by atoms with van der Waals surface area (Å²) in [5.41, 5.74) is 2.36. The fraction of sp³-hybridized carbons (Fsp3) is 0.0952. The first kappa shape index (κ1) is 17.2. The Morgan fingerprint density at radius 3 is 2.52 bits per heavy atom. The second-order valence-electron chi connectivity index (χ2n) is 6.23. The number of aryl methyl sites for hydroxylation is 1. The van der Waals surface area contributed by atoms with Gasteiger partial charge in [-0.25, -0.2) is 4.98 Å². The Bertz CT molecular complexity index is 1210. The van der Waals surface area contributed by atoms with E-state index in [-0.39, 0.29) is 5.56 Å². The summed E-state index contributed by atoms with van der Waals surface area (Å²) in [6.07, 6.45) is 0. The number of benzene rings is 2. The summed E-state index contributed by atoms with van der Waals surface area (Å²) in [4.78, 5) is 30.7. The van der Waals surface area contributed by atoms with Gasteiger partial charge in [-0.3, -0.25) is 14.2 Å². The van der Waals surface area contributed by atoms with E-state index in [0.29, 0.717) is 16.0 Å². The molecule has 0 bridgehead atoms. The normalized spacial score (nSPS) is 11.0. The van der Waals surface area contributed by atoms with E-state index in [2.05, 4.69) is 4.98 Å². The van der Waals surface area contributed by atoms with Gasteiger partial charge in [-0.2, -0.15) is 0 Å². The molecule has 0 saturated heterocycles. The van der Waals surface area contributed by atoms with Crippen LogP contribution in [0.5, 0.6) is 0 Å². The summed E-state index contributed by atoms with van der Waals surface area (Å²) in [7, 11) is 0. The lowest BCUT2D eigenvalue weighted by Gasteiger charge is -2.12. The van der Waals surface area contributed by atoms with Crippen molar-refractivity contribution < 1.29 is 9.90 Å². The van der Waals surface area contributed by atoms with Crippen LogP contribution in [0, 0.1) is 6.92 Å². The number of aliphatic carboxylic acids is 1. The second-order valence-corrected chi connectivity index (χ2v) is 7.26. The molecule has 2 heterocycles. The minimum absolute atomic E-state index is 0.334. The zero-order valence-electron chi connectivity index (χ0n) is 14.5. The largest absolute Gasteiger partial charge is 0.480 e. The van der Waals surface area contributed by atoms with Crippen molar-refractivity contribution in [3.63, 3.8) is 0 Å². The number of thiophene rings is 1. The highest BCUT2D eigenvalue weighted by molar-refractivity contribution is 7.21. The molecule has 0 aliphatic carbocycles. The highest BCUT2D eigenvalue weighted by Gasteiger charge is 2.18. The highest BCUT2D eigenvalue weighted by Crippen LogP contribution is 2.32. The Balaban J connectivity index is 2.01. The van der Waals surface area contributed by atoms with Gasteiger partial charge in [0.1, 0.15) is 17.2 Å². The van der Waals surface area contributed by atoms with Gasteiger partial charge >= 0.3 is 5.97 Å². The van der Waals surface area contributed by atoms with Crippen LogP contribution in [0.15, 0.2) is 65.5 Å². The Kier molecular flexibility index (Phi) is 4.33. The molecule has 27 heavy (non-hydrogen) atoms. The van der Waals surface area contributed by atoms with Crippen LogP contribution in [-0.4, -0.2) is 20.6 Å². The van der Waals surface area contributed by atoms with E-state index >= 15 is 0 Å². The van der Waals surface area contributed by atoms with Crippen LogP contribution in [0.2, 0.25) is 0 Å². The third-order valence-electron chi connectivity index (χ3n) is 4.39. The lowest BCUT2D eigenvalue weighted by molar-refractivity contribution is -0.137. The fourth-order valence-electron chi connectivity index (χ4n) is 3.07. The predicted molar refractivity (Wildman–Crippen MR) is 107 cm³/mol. The van der Waals surface area contributed by atoms with Crippen LogP contribution in [-0.2, 0) is 11.3 Å². The van der Waals surface area contributed by atoms with E-state index in [9.17, 15) is 14.7 Å². The second kappa shape index (κ2) is 6.81. The predicted octanol–water partition coefficient (Wildman–Crippen LogP) is 4.19. The third kappa shape index (κ3) is 3.15. The van der Waals surface area contributed by atoms with E-state index in [4.69, 9.17) is 0 Å². The van der Waals surface area contributed by atoms with Crippen LogP contribution < -0.4 is 5.56 Å². The summed E-state index contributed by atoms with van der Waals surface area (Å²) in [6.45, 7) is 1.49. The Labute approximate surface area is 159 Å². The molecule has 5 nitrogen and oxygen atoms in total. The summed E-state index contributed by atoms with van der Waals surface area (Å²) in [5.74, 6) is -0.693. The number of hydrogen-bond acceptors (Lipinski definition) is 4. The van der Waals surface area contributed by atoms with Crippen LogP contribution in [0.25, 0.3) is 32.0 Å². The molecule has 4 aromatic rings. The van der Waals surface area contributed by atoms with Crippen molar-refractivity contribution in [2.24, 2.45) is 0 Å². The number of rotatable bonds is 4. The molecule has 1 N–H and O–H groups in total. The smallest absolute Gasteiger partial charge is 0.323 e. The topological polar surface area (TPSA) is 72.2 Å². The van der Waals surface area contributed by atoms with Gasteiger partial charge in [0, 0.05) is 10.4 Å². The SMILES string of the molecule is Cc1ccccc1-c1nc2sc(-c3ccccc3)cc2c(=O)n1CC(=O)O. The molecule has 2 aromatic heterocycles. The van der Waals surface area contributed by atoms with Gasteiger partial charge in [0.25, 0.3) is 5.56 Å². The van der Waals surface area contributed by atoms with Crippen molar-refractivity contribution in [3.8, 4) is 21.8 Å². The molecule has 0 amide bonds. The Morgan fingerprint density at radius 1 is 1.11 bits per heavy atom. The van der Waals surface area contributed by atoms with E-state index in [1.54, 1.807) is 6.07 Å². The Hall–Kier alpha value is -3.25. The molecule has 0 saturated carbocycles. The first-order chi connectivity index (χ1) is 13.0. The molecule has 0 atom stereocenters. The maximum absolute atomic E-state index is 13.1. The lowest BCUT2D eigenvalue weighted by Crippen LogP contribution is -2.26. The van der Waals surface area contributed by atoms with E-state index in [1.165, 1.54) is 15.9 Å². The maximum Gasteiger partial charge on any atom is 0.323 e. The standard InChI is InChI=1S/C21H16N2O3S/c1-13-7-5-6-10-15(13)19-22-20-16(21(26)23(19)12-18(24)25)11-17(27-20)14-8-3-2-4-9-14/h2-11H,12H2,1H3,(H,24,25). The maximum atomic E-state index is 13.1. The average molecular weight is 376 g/mol. The minimum Gasteiger partial charge on any atom is -0.480 e. The third-order valence-corrected chi connectivity index (χ3v) is 5.47. The molecule has 2 aromatic carbocycles. The van der Waals surface area contributed by atoms with Crippen molar-refractivity contribution in [3.05, 3.63) is 76.6 Å². The zero-order valence-corrected chi connectivity index (χ0v) is 15.4. The zero-order chi connectivity index (χ0) is 19.0. The van der Waals surface area contributed by atoms with E-state index in [1.807, 2.05) is 61.5 Å². The molecular formula is C21H16N2O3S. The van der Waals surface area contributed by atoms with Crippen molar-refractivity contribution in [1.82, 2.24) is 9.55 Å². The van der Waals surface area contributed by atoms with E-state index < -0.39 is 12.5 Å². The van der Waals surface area contributed by atoms with Gasteiger partial charge < -0.3 is 5.11 Å². The van der Waals surface area contributed by atoms with Crippen LogP contribution in [0.4, 0.5) is 0 Å². The number of carboxylic acids is 1. The molecule has 0 aliphatic heterocycles. The summed E-state index contributed by atoms with van der Waals surface area (Å²) >= 11 is 1.43. The molecule has 6 heteroatoms. The minimum atomic E-state index is -1.08. The van der Waals surface area contributed by atoms with Crippen molar-refractivity contribution in [2.45, 2.75) is 13.5 Å². The van der Waals surface area contributed by atoms with Gasteiger partial charge in [0.15, 0.2) is 0 Å². The number of nitrogens with zero attached hydrogens (tertiary/aromatic N) is 2. The number of carboxylic acid groups (broad SMARTS) is 1. The number of hydrogen-bond donors (Lipinski definition) is 1. The van der Waals surface area contributed by atoms with Gasteiger partial charge in [0.2, 0.25) is 0 Å². The van der Waals surface area contributed by atoms with Crippen molar-refractivity contribution in [2.75, 3.05) is 0 Å². The molecular weight excluding hydrogens is 360 g/mol. The van der Waals surface area contributed by atoms with Gasteiger partial charge in [-0.05, 0) is 24.1 Å². The fourth-order valence-corrected chi connectivity index (χ4v) is 4.10. The highest BCUT2D eigenvalue weighted by atomic mass is 32.1. The van der Waals surface area contributed by atoms with Gasteiger partial charge in [-0.15, -0.1) is 11.3 Å². The van der Waals surface area contributed by atoms with Crippen LogP contribution >= 0.6 is 11.3 Å². The van der Waals surface area contributed by atoms with Crippen molar-refractivity contribution in [1.29, 1.82) is 0 Å². The quantitative estimate of drug-likeness (QED) is 0.580. The molecule has 4 rings (SSSR count). The van der Waals surface area contributed by atoms with Gasteiger partial charge in [0.05, 0.1) is 5.39 Å². The summed E-state index contributed by atoms with van der Waals surface area (Å²) < 4.78 is 1.24. The summed E-state index contributed by atoms with van der Waals surface area (Å²) in [6, 6.07) is 19.1. The van der Waals surface area contributed by atoms with E-state index in [0.717, 1.165) is 21.6 Å². The number of carbonyl (C=O) groups is 1. The average Bonchev–Trinajstić information content (AvgIpc) is 3.09. The summed E-state index contributed by atoms with van der Waals surface area (Å²) in [5, 5.41) is 9.74. The van der Waals surface area contributed by atoms with Crippen molar-refractivity contribution >= 4 is 27.5 Å². The molecule has 0 radical (unpaired) electrons. The monoisotopic (exact) mass is 376 g/mol. The lowest BCUT2D eigenvalue weighted by atomic mass is 10.1. The molecule has 0 unspecified atom stereocenters.